The fourth-order valence-electron chi connectivity index (χ4n) is 3.14. The van der Waals surface area contributed by atoms with Crippen LogP contribution in [0.25, 0.3) is 10.9 Å². The quantitative estimate of drug-likeness (QED) is 0.737. The second-order valence-electron chi connectivity index (χ2n) is 6.25. The van der Waals surface area contributed by atoms with Crippen LogP contribution in [0, 0.1) is 0 Å². The molecule has 8 heteroatoms. The van der Waals surface area contributed by atoms with Gasteiger partial charge in [0.15, 0.2) is 5.82 Å². The number of sulfonamides is 1. The Bertz CT molecular complexity index is 1060. The molecule has 0 atom stereocenters. The molecule has 0 unspecified atom stereocenters. The van der Waals surface area contributed by atoms with Gasteiger partial charge in [0.25, 0.3) is 0 Å². The van der Waals surface area contributed by atoms with Gasteiger partial charge in [0, 0.05) is 11.9 Å². The maximum atomic E-state index is 12.3. The molecular formula is C18H18N4O3S. The zero-order valence-electron chi connectivity index (χ0n) is 14.0. The van der Waals surface area contributed by atoms with Crippen molar-refractivity contribution in [3.05, 3.63) is 54.1 Å². The van der Waals surface area contributed by atoms with Crippen molar-refractivity contribution in [3.63, 3.8) is 0 Å². The zero-order chi connectivity index (χ0) is 18.1. The summed E-state index contributed by atoms with van der Waals surface area (Å²) in [6.07, 6.45) is 0.863. The van der Waals surface area contributed by atoms with E-state index in [2.05, 4.69) is 15.5 Å². The predicted octanol–water partition coefficient (Wildman–Crippen LogP) is 2.28. The summed E-state index contributed by atoms with van der Waals surface area (Å²) in [5.41, 5.74) is 2.24. The van der Waals surface area contributed by atoms with Gasteiger partial charge in [0.2, 0.25) is 15.9 Å². The summed E-state index contributed by atoms with van der Waals surface area (Å²) >= 11 is 0. The van der Waals surface area contributed by atoms with Gasteiger partial charge in [0.05, 0.1) is 23.4 Å². The summed E-state index contributed by atoms with van der Waals surface area (Å²) in [4.78, 5) is 12.3. The van der Waals surface area contributed by atoms with E-state index in [4.69, 9.17) is 0 Å². The van der Waals surface area contributed by atoms with Gasteiger partial charge in [-0.2, -0.15) is 5.10 Å². The van der Waals surface area contributed by atoms with Crippen molar-refractivity contribution in [1.29, 1.82) is 0 Å². The number of hydrogen-bond donors (Lipinski definition) is 2. The van der Waals surface area contributed by atoms with Crippen molar-refractivity contribution in [2.45, 2.75) is 12.8 Å². The smallest absolute Gasteiger partial charge is 0.235 e. The van der Waals surface area contributed by atoms with Crippen molar-refractivity contribution in [3.8, 4) is 0 Å². The van der Waals surface area contributed by atoms with Crippen molar-refractivity contribution in [2.24, 2.45) is 0 Å². The number of nitrogens with zero attached hydrogens (tertiary/aromatic N) is 2. The minimum atomic E-state index is -3.25. The number of aromatic nitrogens is 2. The highest BCUT2D eigenvalue weighted by molar-refractivity contribution is 7.93. The first kappa shape index (κ1) is 16.6. The monoisotopic (exact) mass is 370 g/mol. The number of carbonyl (C=O) groups is 1. The van der Waals surface area contributed by atoms with Crippen LogP contribution in [0.1, 0.15) is 12.0 Å². The normalized spacial score (nSPS) is 16.1. The van der Waals surface area contributed by atoms with Crippen molar-refractivity contribution in [1.82, 2.24) is 10.2 Å². The third kappa shape index (κ3) is 3.15. The van der Waals surface area contributed by atoms with E-state index >= 15 is 0 Å². The first-order valence-electron chi connectivity index (χ1n) is 8.35. The van der Waals surface area contributed by atoms with Gasteiger partial charge in [-0.15, -0.1) is 0 Å². The average Bonchev–Trinajstić information content (AvgIpc) is 3.18. The van der Waals surface area contributed by atoms with Crippen LogP contribution in [-0.4, -0.2) is 36.8 Å². The van der Waals surface area contributed by atoms with Crippen LogP contribution < -0.4 is 9.62 Å². The van der Waals surface area contributed by atoms with Gasteiger partial charge in [-0.1, -0.05) is 30.3 Å². The van der Waals surface area contributed by atoms with Gasteiger partial charge in [-0.25, -0.2) is 8.42 Å². The first-order valence-corrected chi connectivity index (χ1v) is 9.96. The van der Waals surface area contributed by atoms with Crippen molar-refractivity contribution in [2.75, 3.05) is 21.9 Å². The predicted molar refractivity (Wildman–Crippen MR) is 101 cm³/mol. The van der Waals surface area contributed by atoms with Crippen LogP contribution in [0.4, 0.5) is 11.5 Å². The number of nitrogens with one attached hydrogen (secondary N) is 2. The van der Waals surface area contributed by atoms with Gasteiger partial charge < -0.3 is 5.32 Å². The number of aromatic amines is 1. The third-order valence-corrected chi connectivity index (χ3v) is 6.27. The number of fused-ring (bicyclic) bond motifs is 1. The summed E-state index contributed by atoms with van der Waals surface area (Å²) < 4.78 is 25.7. The molecule has 1 saturated heterocycles. The molecule has 0 aliphatic carbocycles. The van der Waals surface area contributed by atoms with Gasteiger partial charge >= 0.3 is 0 Å². The summed E-state index contributed by atoms with van der Waals surface area (Å²) in [7, 11) is -3.25. The van der Waals surface area contributed by atoms with Gasteiger partial charge in [0.1, 0.15) is 0 Å². The Morgan fingerprint density at radius 2 is 2.00 bits per heavy atom. The SMILES string of the molecule is O=C(Cc1ccccc1)Nc1n[nH]c2ccc(N3CCCS3(=O)=O)cc12. The lowest BCUT2D eigenvalue weighted by molar-refractivity contribution is -0.115. The van der Waals surface area contributed by atoms with Crippen LogP contribution in [0.3, 0.4) is 0 Å². The number of carbonyl (C=O) groups excluding carboxylic acids is 1. The van der Waals surface area contributed by atoms with Crippen LogP contribution >= 0.6 is 0 Å². The van der Waals surface area contributed by atoms with E-state index in [0.717, 1.165) is 11.1 Å². The number of rotatable bonds is 4. The molecule has 1 fully saturated rings. The molecule has 3 aromatic rings. The van der Waals surface area contributed by atoms with Crippen LogP contribution in [0.5, 0.6) is 0 Å². The zero-order valence-corrected chi connectivity index (χ0v) is 14.8. The number of amides is 1. The molecular weight excluding hydrogens is 352 g/mol. The molecule has 134 valence electrons. The number of benzene rings is 2. The Labute approximate surface area is 151 Å². The summed E-state index contributed by atoms with van der Waals surface area (Å²) in [6, 6.07) is 14.7. The van der Waals surface area contributed by atoms with E-state index in [1.807, 2.05) is 30.3 Å². The lowest BCUT2D eigenvalue weighted by Crippen LogP contribution is -2.24. The first-order chi connectivity index (χ1) is 12.5. The molecule has 26 heavy (non-hydrogen) atoms. The topological polar surface area (TPSA) is 95.2 Å². The summed E-state index contributed by atoms with van der Waals surface area (Å²) in [5, 5.41) is 10.5. The Morgan fingerprint density at radius 3 is 2.73 bits per heavy atom. The van der Waals surface area contributed by atoms with Crippen LogP contribution in [0.2, 0.25) is 0 Å². The summed E-state index contributed by atoms with van der Waals surface area (Å²) in [5.74, 6) is 0.389. The molecule has 7 nitrogen and oxygen atoms in total. The lowest BCUT2D eigenvalue weighted by Gasteiger charge is -2.16. The molecule has 1 aliphatic heterocycles. The molecule has 2 N–H and O–H groups in total. The van der Waals surface area contributed by atoms with Gasteiger partial charge in [-0.3, -0.25) is 14.2 Å². The largest absolute Gasteiger partial charge is 0.308 e. The Hall–Kier alpha value is -2.87. The lowest BCUT2D eigenvalue weighted by atomic mass is 10.1. The fourth-order valence-corrected chi connectivity index (χ4v) is 4.70. The second-order valence-corrected chi connectivity index (χ2v) is 8.27. The number of H-pyrrole nitrogens is 1. The maximum Gasteiger partial charge on any atom is 0.235 e. The van der Waals surface area contributed by atoms with Crippen molar-refractivity contribution >= 4 is 38.3 Å². The standard InChI is InChI=1S/C18H18N4O3S/c23-17(11-13-5-2-1-3-6-13)19-18-15-12-14(7-8-16(15)20-21-18)22-9-4-10-26(22,24)25/h1-3,5-8,12H,4,9-11H2,(H2,19,20,21,23). The number of anilines is 2. The van der Waals surface area contributed by atoms with Crippen LogP contribution in [0.15, 0.2) is 48.5 Å². The maximum absolute atomic E-state index is 12.3. The Balaban J connectivity index is 1.60. The Morgan fingerprint density at radius 1 is 1.19 bits per heavy atom. The minimum absolute atomic E-state index is 0.164. The molecule has 0 radical (unpaired) electrons. The fraction of sp³-hybridized carbons (Fsp3) is 0.222. The van der Waals surface area contributed by atoms with E-state index in [1.54, 1.807) is 18.2 Å². The molecule has 1 aromatic heterocycles. The van der Waals surface area contributed by atoms with Crippen molar-refractivity contribution < 1.29 is 13.2 Å². The molecule has 1 amide bonds. The highest BCUT2D eigenvalue weighted by Crippen LogP contribution is 2.30. The number of hydrogen-bond acceptors (Lipinski definition) is 4. The highest BCUT2D eigenvalue weighted by Gasteiger charge is 2.28. The summed E-state index contributed by atoms with van der Waals surface area (Å²) in [6.45, 7) is 0.474. The highest BCUT2D eigenvalue weighted by atomic mass is 32.2. The molecule has 1 aliphatic rings. The second kappa shape index (κ2) is 6.45. The van der Waals surface area contributed by atoms with E-state index in [1.165, 1.54) is 4.31 Å². The van der Waals surface area contributed by atoms with E-state index in [0.29, 0.717) is 29.9 Å². The molecule has 2 heterocycles. The third-order valence-electron chi connectivity index (χ3n) is 4.40. The molecule has 0 saturated carbocycles. The van der Waals surface area contributed by atoms with E-state index < -0.39 is 10.0 Å². The average molecular weight is 370 g/mol. The van der Waals surface area contributed by atoms with E-state index in [9.17, 15) is 13.2 Å². The molecule has 2 aromatic carbocycles. The molecule has 0 bridgehead atoms. The van der Waals surface area contributed by atoms with Crippen LogP contribution in [-0.2, 0) is 21.2 Å². The Kier molecular flexibility index (Phi) is 4.12. The van der Waals surface area contributed by atoms with E-state index in [-0.39, 0.29) is 18.1 Å². The molecule has 0 spiro atoms. The minimum Gasteiger partial charge on any atom is -0.308 e. The molecule has 4 rings (SSSR count). The van der Waals surface area contributed by atoms with Gasteiger partial charge in [-0.05, 0) is 30.2 Å².